The number of methoxy groups -OCH3 is 1. The molecule has 4 N–H and O–H groups in total. The van der Waals surface area contributed by atoms with Crippen LogP contribution in [0.5, 0.6) is 11.5 Å². The predicted octanol–water partition coefficient (Wildman–Crippen LogP) is 3.55. The van der Waals surface area contributed by atoms with Gasteiger partial charge in [0.2, 0.25) is 5.91 Å². The number of aliphatic hydroxyl groups is 3. The maximum Gasteiger partial charge on any atom is 0.416 e. The summed E-state index contributed by atoms with van der Waals surface area (Å²) < 4.78 is 51.5. The molecule has 0 spiro atoms. The van der Waals surface area contributed by atoms with Crippen molar-refractivity contribution < 1.29 is 47.6 Å². The summed E-state index contributed by atoms with van der Waals surface area (Å²) >= 11 is 0. The minimum absolute atomic E-state index is 0.0210. The Labute approximate surface area is 253 Å². The summed E-state index contributed by atoms with van der Waals surface area (Å²) in [4.78, 5) is 29.0. The van der Waals surface area contributed by atoms with Gasteiger partial charge in [-0.05, 0) is 66.8 Å². The first-order chi connectivity index (χ1) is 21.1. The number of carbonyl (C=O) groups excluding carboxylic acids is 2. The van der Waals surface area contributed by atoms with Gasteiger partial charge in [-0.2, -0.15) is 13.2 Å². The van der Waals surface area contributed by atoms with Crippen molar-refractivity contribution in [2.24, 2.45) is 5.92 Å². The van der Waals surface area contributed by atoms with Gasteiger partial charge in [-0.1, -0.05) is 19.3 Å². The average molecular weight is 619 g/mol. The van der Waals surface area contributed by atoms with Gasteiger partial charge in [-0.15, -0.1) is 0 Å². The fourth-order valence-electron chi connectivity index (χ4n) is 6.57. The Kier molecular flexibility index (Phi) is 9.52. The number of nitrogens with one attached hydrogen (secondary N) is 1. The van der Waals surface area contributed by atoms with E-state index in [4.69, 9.17) is 9.47 Å². The molecule has 0 radical (unpaired) electrons. The molecule has 4 atom stereocenters. The van der Waals surface area contributed by atoms with E-state index < -0.39 is 47.7 Å². The number of amides is 2. The van der Waals surface area contributed by atoms with Crippen LogP contribution in [-0.4, -0.2) is 77.1 Å². The zero-order chi connectivity index (χ0) is 31.6. The number of nitrogens with zero attached hydrogens (tertiary/aromatic N) is 1. The van der Waals surface area contributed by atoms with Crippen molar-refractivity contribution in [1.82, 2.24) is 10.2 Å². The number of hydrogen-bond donors (Lipinski definition) is 4. The van der Waals surface area contributed by atoms with E-state index >= 15 is 0 Å². The fourth-order valence-corrected chi connectivity index (χ4v) is 6.57. The van der Waals surface area contributed by atoms with Gasteiger partial charge >= 0.3 is 6.18 Å². The van der Waals surface area contributed by atoms with Crippen LogP contribution in [0.1, 0.15) is 65.1 Å². The second-order valence-electron chi connectivity index (χ2n) is 11.6. The number of benzene rings is 2. The van der Waals surface area contributed by atoms with E-state index in [1.807, 2.05) is 0 Å². The molecule has 2 aromatic carbocycles. The minimum atomic E-state index is -4.57. The third kappa shape index (κ3) is 6.29. The molecule has 2 aliphatic carbocycles. The molecule has 1 fully saturated rings. The van der Waals surface area contributed by atoms with Crippen LogP contribution in [-0.2, 0) is 17.6 Å². The molecule has 238 valence electrons. The van der Waals surface area contributed by atoms with E-state index in [0.717, 1.165) is 56.4 Å². The van der Waals surface area contributed by atoms with Crippen LogP contribution in [0.2, 0.25) is 0 Å². The van der Waals surface area contributed by atoms with Gasteiger partial charge in [-0.3, -0.25) is 9.59 Å². The van der Waals surface area contributed by atoms with Crippen molar-refractivity contribution in [3.8, 4) is 11.5 Å². The molecule has 44 heavy (non-hydrogen) atoms. The Morgan fingerprint density at radius 1 is 1.09 bits per heavy atom. The first kappa shape index (κ1) is 31.8. The van der Waals surface area contributed by atoms with E-state index in [1.54, 1.807) is 12.1 Å². The van der Waals surface area contributed by atoms with Crippen LogP contribution < -0.4 is 14.8 Å². The molecule has 0 saturated heterocycles. The van der Waals surface area contributed by atoms with Crippen molar-refractivity contribution >= 4 is 11.8 Å². The highest BCUT2D eigenvalue weighted by Crippen LogP contribution is 2.51. The second-order valence-corrected chi connectivity index (χ2v) is 11.6. The largest absolute Gasteiger partial charge is 0.493 e. The molecule has 1 aliphatic heterocycles. The second kappa shape index (κ2) is 13.2. The van der Waals surface area contributed by atoms with E-state index in [-0.39, 0.29) is 43.4 Å². The fraction of sp³-hybridized carbons (Fsp3) is 0.500. The van der Waals surface area contributed by atoms with Crippen LogP contribution in [0.15, 0.2) is 48.0 Å². The first-order valence-corrected chi connectivity index (χ1v) is 14.8. The molecule has 3 aliphatic rings. The maximum atomic E-state index is 14.0. The third-order valence-electron chi connectivity index (χ3n) is 8.75. The smallest absolute Gasteiger partial charge is 0.416 e. The Morgan fingerprint density at radius 2 is 1.80 bits per heavy atom. The molecule has 0 aromatic heterocycles. The average Bonchev–Trinajstić information content (AvgIpc) is 3.42. The van der Waals surface area contributed by atoms with Crippen LogP contribution in [0, 0.1) is 5.92 Å². The molecule has 9 nitrogen and oxygen atoms in total. The zero-order valence-electron chi connectivity index (χ0n) is 24.3. The summed E-state index contributed by atoms with van der Waals surface area (Å²) in [6, 6.07) is 6.17. The van der Waals surface area contributed by atoms with Crippen molar-refractivity contribution in [3.05, 3.63) is 70.3 Å². The predicted molar refractivity (Wildman–Crippen MR) is 153 cm³/mol. The minimum Gasteiger partial charge on any atom is -0.493 e. The lowest BCUT2D eigenvalue weighted by Gasteiger charge is -2.42. The number of rotatable bonds is 9. The summed E-state index contributed by atoms with van der Waals surface area (Å²) in [5.74, 6) is -1.19. The van der Waals surface area contributed by atoms with E-state index in [1.165, 1.54) is 18.1 Å². The summed E-state index contributed by atoms with van der Waals surface area (Å²) in [6.45, 7) is -0.426. The van der Waals surface area contributed by atoms with Crippen LogP contribution in [0.3, 0.4) is 0 Å². The zero-order valence-corrected chi connectivity index (χ0v) is 24.3. The molecule has 5 rings (SSSR count). The summed E-state index contributed by atoms with van der Waals surface area (Å²) in [5, 5.41) is 33.7. The van der Waals surface area contributed by atoms with Crippen molar-refractivity contribution in [1.29, 1.82) is 0 Å². The third-order valence-corrected chi connectivity index (χ3v) is 8.75. The van der Waals surface area contributed by atoms with Gasteiger partial charge < -0.3 is 35.0 Å². The number of ether oxygens (including phenoxy) is 2. The van der Waals surface area contributed by atoms with Gasteiger partial charge in [-0.25, -0.2) is 0 Å². The number of carbonyl (C=O) groups is 2. The quantitative estimate of drug-likeness (QED) is 0.339. The van der Waals surface area contributed by atoms with Crippen molar-refractivity contribution in [2.45, 2.75) is 69.1 Å². The standard InChI is InChI=1S/C32H37F3N2O7/c1-43-25-14-19(17-39)13-22-26-23(30(41)36-11-12-38)15-24(27(40)29(26)44-28(22)25)37(16-18-5-3-2-4-6-18)31(42)20-7-9-21(10-8-20)32(33,34)35/h7-10,13-15,18,24,26-27,29,38-40H,2-6,11-12,16-17H2,1H3,(H,36,41). The lowest BCUT2D eigenvalue weighted by molar-refractivity contribution is -0.137. The van der Waals surface area contributed by atoms with Crippen molar-refractivity contribution in [3.63, 3.8) is 0 Å². The molecule has 1 heterocycles. The normalized spacial score (nSPS) is 23.2. The van der Waals surface area contributed by atoms with E-state index in [9.17, 15) is 38.1 Å². The monoisotopic (exact) mass is 618 g/mol. The number of halogens is 3. The highest BCUT2D eigenvalue weighted by atomic mass is 19.4. The Balaban J connectivity index is 1.58. The van der Waals surface area contributed by atoms with Gasteiger partial charge in [0.05, 0.1) is 37.8 Å². The van der Waals surface area contributed by atoms with Gasteiger partial charge in [0.25, 0.3) is 5.91 Å². The van der Waals surface area contributed by atoms with Gasteiger partial charge in [0.15, 0.2) is 11.5 Å². The van der Waals surface area contributed by atoms with Gasteiger partial charge in [0.1, 0.15) is 12.2 Å². The van der Waals surface area contributed by atoms with Crippen LogP contribution in [0.4, 0.5) is 13.2 Å². The number of fused-ring (bicyclic) bond motifs is 3. The molecule has 2 aromatic rings. The van der Waals surface area contributed by atoms with E-state index in [0.29, 0.717) is 22.6 Å². The molecular weight excluding hydrogens is 581 g/mol. The Bertz CT molecular complexity index is 1390. The number of alkyl halides is 3. The molecule has 0 bridgehead atoms. The maximum absolute atomic E-state index is 14.0. The number of hydrogen-bond acceptors (Lipinski definition) is 7. The van der Waals surface area contributed by atoms with E-state index in [2.05, 4.69) is 5.32 Å². The number of aliphatic hydroxyl groups excluding tert-OH is 3. The topological polar surface area (TPSA) is 129 Å². The van der Waals surface area contributed by atoms with Crippen LogP contribution >= 0.6 is 0 Å². The summed E-state index contributed by atoms with van der Waals surface area (Å²) in [7, 11) is 1.43. The molecule has 4 unspecified atom stereocenters. The molecule has 1 saturated carbocycles. The Morgan fingerprint density at radius 3 is 2.41 bits per heavy atom. The SMILES string of the molecule is COc1cc(CO)cc2c1OC1C2C(C(=O)NCCO)=CC(N(CC2CCCCC2)C(=O)c2ccc(C(F)(F)F)cc2)C1O. The molecule has 12 heteroatoms. The highest BCUT2D eigenvalue weighted by molar-refractivity contribution is 5.97. The summed E-state index contributed by atoms with van der Waals surface area (Å²) in [6.07, 6.45) is -0.675. The first-order valence-electron chi connectivity index (χ1n) is 14.8. The van der Waals surface area contributed by atoms with Crippen molar-refractivity contribution in [2.75, 3.05) is 26.8 Å². The lowest BCUT2D eigenvalue weighted by Crippen LogP contribution is -2.56. The highest BCUT2D eigenvalue weighted by Gasteiger charge is 2.51. The van der Waals surface area contributed by atoms with Crippen LogP contribution in [0.25, 0.3) is 0 Å². The van der Waals surface area contributed by atoms with Gasteiger partial charge in [0, 0.05) is 29.8 Å². The Hall–Kier alpha value is -3.61. The molecule has 2 amide bonds. The molecular formula is C32H37F3N2O7. The lowest BCUT2D eigenvalue weighted by atomic mass is 9.76. The summed E-state index contributed by atoms with van der Waals surface area (Å²) in [5.41, 5.74) is 0.364.